The smallest absolute Gasteiger partial charge is 0.151 e. The molecular weight excluding hydrogens is 459 g/mol. The zero-order valence-corrected chi connectivity index (χ0v) is 20.5. The fourth-order valence-corrected chi connectivity index (χ4v) is 1.14. The molecule has 8 nitrogen and oxygen atoms in total. The summed E-state index contributed by atoms with van der Waals surface area (Å²) in [7, 11) is 0. The topological polar surface area (TPSA) is 161 Å². The Morgan fingerprint density at radius 1 is 0.414 bits per heavy atom. The van der Waals surface area contributed by atoms with E-state index in [1.165, 1.54) is 55.4 Å². The van der Waals surface area contributed by atoms with E-state index in [9.17, 15) is 39.6 Å². The normalized spacial score (nSPS) is 11.0. The molecule has 0 aliphatic carbocycles. The van der Waals surface area contributed by atoms with Crippen LogP contribution in [0.3, 0.4) is 0 Å². The number of rotatable bonds is 4. The molecule has 0 rings (SSSR count). The fraction of sp³-hybridized carbons (Fsp3) is 0.400. The van der Waals surface area contributed by atoms with Gasteiger partial charge in [0.1, 0.15) is 0 Å². The van der Waals surface area contributed by atoms with Gasteiger partial charge < -0.3 is 20.4 Å². The van der Waals surface area contributed by atoms with E-state index < -0.39 is 0 Å². The van der Waals surface area contributed by atoms with Crippen molar-refractivity contribution < 1.29 is 65.8 Å². The first-order valence-electron chi connectivity index (χ1n) is 7.94. The van der Waals surface area contributed by atoms with Gasteiger partial charge in [0.05, 0.1) is 0 Å². The van der Waals surface area contributed by atoms with E-state index in [0.717, 1.165) is 24.3 Å². The number of hydrogen-bond acceptors (Lipinski definition) is 8. The molecule has 0 aromatic heterocycles. The summed E-state index contributed by atoms with van der Waals surface area (Å²) in [5, 5.41) is 39.9. The molecule has 9 heteroatoms. The molecule has 0 atom stereocenters. The van der Waals surface area contributed by atoms with Crippen molar-refractivity contribution in [3.05, 3.63) is 47.3 Å². The van der Waals surface area contributed by atoms with Gasteiger partial charge in [-0.15, -0.1) is 23.0 Å². The molecule has 0 spiro atoms. The second kappa shape index (κ2) is 23.8. The molecule has 0 unspecified atom stereocenters. The van der Waals surface area contributed by atoms with Crippen LogP contribution in [0.1, 0.15) is 55.4 Å². The second-order valence-corrected chi connectivity index (χ2v) is 5.46. The van der Waals surface area contributed by atoms with Crippen molar-refractivity contribution in [2.24, 2.45) is 0 Å². The average Bonchev–Trinajstić information content (AvgIpc) is 2.32. The van der Waals surface area contributed by atoms with Crippen molar-refractivity contribution in [1.82, 2.24) is 0 Å². The van der Waals surface area contributed by atoms with Crippen LogP contribution < -0.4 is 20.4 Å². The molecule has 0 N–H and O–H groups in total. The molecule has 0 saturated carbocycles. The zero-order chi connectivity index (χ0) is 23.4. The molecule has 0 saturated heterocycles. The van der Waals surface area contributed by atoms with Crippen LogP contribution in [0, 0.1) is 0 Å². The molecule has 0 aromatic rings. The van der Waals surface area contributed by atoms with Crippen molar-refractivity contribution in [3.63, 3.8) is 0 Å². The maximum Gasteiger partial charge on any atom is 0.151 e. The number of hydrogen-bond donors (Lipinski definition) is 0. The minimum atomic E-state index is -0.187. The molecule has 0 radical (unpaired) electrons. The summed E-state index contributed by atoms with van der Waals surface area (Å²) in [6, 6.07) is 0. The largest absolute Gasteiger partial charge is 0.876 e. The predicted octanol–water partition coefficient (Wildman–Crippen LogP) is -0.644. The molecule has 164 valence electrons. The standard InChI is InChI=1S/4C5H8O2.Zr/c4*1-4(6)3-5(2)7;/h4*3,6H,1-2H3;/p-4/b4*4-3-;. The average molecular weight is 488 g/mol. The van der Waals surface area contributed by atoms with Gasteiger partial charge in [-0.25, -0.2) is 0 Å². The summed E-state index contributed by atoms with van der Waals surface area (Å²) in [5.74, 6) is -1.50. The van der Waals surface area contributed by atoms with Crippen molar-refractivity contribution >= 4 is 23.1 Å². The van der Waals surface area contributed by atoms with E-state index in [-0.39, 0.29) is 72.4 Å². The Morgan fingerprint density at radius 3 is 0.517 bits per heavy atom. The molecule has 0 aliphatic heterocycles. The van der Waals surface area contributed by atoms with Gasteiger partial charge in [0.2, 0.25) is 0 Å². The Kier molecular flexibility index (Phi) is 30.7. The molecule has 0 fully saturated rings. The van der Waals surface area contributed by atoms with Crippen molar-refractivity contribution in [1.29, 1.82) is 0 Å². The Balaban J connectivity index is -0.0000000873. The maximum absolute atomic E-state index is 9.98. The Bertz CT molecular complexity index is 513. The molecular formula is C20H28O8Zr-4. The summed E-state index contributed by atoms with van der Waals surface area (Å²) >= 11 is 0. The predicted molar refractivity (Wildman–Crippen MR) is 97.8 cm³/mol. The third-order valence-corrected chi connectivity index (χ3v) is 1.63. The quantitative estimate of drug-likeness (QED) is 0.373. The van der Waals surface area contributed by atoms with Gasteiger partial charge in [-0.2, -0.15) is 0 Å². The summed E-state index contributed by atoms with van der Waals surface area (Å²) in [6.07, 6.45) is 4.22. The summed E-state index contributed by atoms with van der Waals surface area (Å²) in [5.41, 5.74) is 0. The van der Waals surface area contributed by atoms with Crippen LogP contribution in [0.25, 0.3) is 0 Å². The molecule has 0 heterocycles. The Morgan fingerprint density at radius 2 is 0.517 bits per heavy atom. The van der Waals surface area contributed by atoms with Crippen LogP contribution in [-0.2, 0) is 45.4 Å². The molecule has 29 heavy (non-hydrogen) atoms. The van der Waals surface area contributed by atoms with Gasteiger partial charge in [0, 0.05) is 26.2 Å². The van der Waals surface area contributed by atoms with Gasteiger partial charge in [0.15, 0.2) is 23.1 Å². The van der Waals surface area contributed by atoms with Crippen LogP contribution in [0.2, 0.25) is 0 Å². The van der Waals surface area contributed by atoms with Crippen LogP contribution in [0.15, 0.2) is 47.3 Å². The number of allylic oxidation sites excluding steroid dienone is 8. The molecule has 0 aromatic carbocycles. The van der Waals surface area contributed by atoms with E-state index in [0.29, 0.717) is 0 Å². The second-order valence-electron chi connectivity index (χ2n) is 5.46. The van der Waals surface area contributed by atoms with Crippen LogP contribution in [-0.4, -0.2) is 23.1 Å². The zero-order valence-electron chi connectivity index (χ0n) is 18.1. The van der Waals surface area contributed by atoms with Crippen molar-refractivity contribution in [2.75, 3.05) is 0 Å². The summed E-state index contributed by atoms with van der Waals surface area (Å²) in [6.45, 7) is 10.8. The Hall–Kier alpha value is -2.28. The van der Waals surface area contributed by atoms with E-state index in [2.05, 4.69) is 0 Å². The minimum absolute atomic E-state index is 0. The number of carbonyl (C=O) groups is 4. The first-order chi connectivity index (χ1) is 12.5. The van der Waals surface area contributed by atoms with Gasteiger partial charge in [-0.3, -0.25) is 19.2 Å². The third-order valence-electron chi connectivity index (χ3n) is 1.63. The van der Waals surface area contributed by atoms with Gasteiger partial charge in [-0.1, -0.05) is 27.7 Å². The molecule has 0 bridgehead atoms. The van der Waals surface area contributed by atoms with E-state index in [1.54, 1.807) is 0 Å². The summed E-state index contributed by atoms with van der Waals surface area (Å²) < 4.78 is 0. The molecule has 0 amide bonds. The monoisotopic (exact) mass is 486 g/mol. The van der Waals surface area contributed by atoms with Crippen molar-refractivity contribution in [3.8, 4) is 0 Å². The van der Waals surface area contributed by atoms with Crippen LogP contribution in [0.5, 0.6) is 0 Å². The number of ketones is 4. The maximum atomic E-state index is 9.98. The van der Waals surface area contributed by atoms with Gasteiger partial charge in [0.25, 0.3) is 0 Å². The van der Waals surface area contributed by atoms with Crippen molar-refractivity contribution in [2.45, 2.75) is 55.4 Å². The SMILES string of the molecule is CC(=O)/C=C(/C)[O-].CC(=O)/C=C(/C)[O-].CC(=O)/C=C(/C)[O-].CC(=O)/C=C(/C)[O-].[Zr]. The first kappa shape index (κ1) is 37.5. The summed E-state index contributed by atoms with van der Waals surface area (Å²) in [4.78, 5) is 39.9. The first-order valence-corrected chi connectivity index (χ1v) is 7.94. The molecule has 0 aliphatic rings. The Labute approximate surface area is 191 Å². The van der Waals surface area contributed by atoms with E-state index >= 15 is 0 Å². The van der Waals surface area contributed by atoms with E-state index in [1.807, 2.05) is 0 Å². The number of carbonyl (C=O) groups excluding carboxylic acids is 4. The van der Waals surface area contributed by atoms with E-state index in [4.69, 9.17) is 0 Å². The third kappa shape index (κ3) is 76.9. The fourth-order valence-electron chi connectivity index (χ4n) is 1.14. The van der Waals surface area contributed by atoms with Crippen LogP contribution >= 0.6 is 0 Å². The van der Waals surface area contributed by atoms with Gasteiger partial charge in [-0.05, 0) is 52.0 Å². The van der Waals surface area contributed by atoms with Gasteiger partial charge >= 0.3 is 0 Å². The minimum Gasteiger partial charge on any atom is -0.876 e. The van der Waals surface area contributed by atoms with Crippen LogP contribution in [0.4, 0.5) is 0 Å².